The Hall–Kier alpha value is -4.02. The van der Waals surface area contributed by atoms with E-state index in [9.17, 15) is 9.59 Å². The number of nitrogens with zero attached hydrogens (tertiary/aromatic N) is 3. The monoisotopic (exact) mass is 500 g/mol. The Morgan fingerprint density at radius 2 is 2.03 bits per heavy atom. The SMILES string of the molecule is Cc1cc(Oc2ccccc2)ncc1N1C(=O)Nc2c(C(=O)N[C@H]3CC[C@@H](N)C3)sc3nccc1c23. The molecule has 4 heterocycles. The van der Waals surface area contributed by atoms with E-state index in [0.717, 1.165) is 30.2 Å². The van der Waals surface area contributed by atoms with Gasteiger partial charge in [-0.1, -0.05) is 18.2 Å². The van der Waals surface area contributed by atoms with Crippen LogP contribution in [0.3, 0.4) is 0 Å². The van der Waals surface area contributed by atoms with E-state index in [1.807, 2.05) is 37.3 Å². The summed E-state index contributed by atoms with van der Waals surface area (Å²) in [7, 11) is 0. The Balaban J connectivity index is 1.34. The van der Waals surface area contributed by atoms with Gasteiger partial charge >= 0.3 is 6.03 Å². The van der Waals surface area contributed by atoms with Crippen LogP contribution in [0.1, 0.15) is 34.5 Å². The molecule has 4 N–H and O–H groups in total. The van der Waals surface area contributed by atoms with Crippen molar-refractivity contribution >= 4 is 50.6 Å². The number of benzene rings is 1. The van der Waals surface area contributed by atoms with Crippen molar-refractivity contribution in [3.05, 3.63) is 65.3 Å². The third-order valence-electron chi connectivity index (χ3n) is 6.53. The topological polar surface area (TPSA) is 122 Å². The standard InChI is InChI=1S/C26H24N6O3S/c1-14-11-20(35-17-5-3-2-4-6-17)29-13-19(14)32-18-9-10-28-25-21(18)22(31-26(32)34)23(36-25)24(33)30-16-8-7-15(27)12-16/h2-6,9-11,13,15-16H,7-8,12,27H2,1H3,(H,30,33)(H,31,34)/t15-,16+/m1/s1. The number of carbonyl (C=O) groups is 2. The van der Waals surface area contributed by atoms with Crippen molar-refractivity contribution in [1.29, 1.82) is 0 Å². The Labute approximate surface area is 211 Å². The fourth-order valence-corrected chi connectivity index (χ4v) is 5.83. The predicted molar refractivity (Wildman–Crippen MR) is 139 cm³/mol. The van der Waals surface area contributed by atoms with Gasteiger partial charge in [-0.2, -0.15) is 0 Å². The molecule has 0 saturated heterocycles. The number of urea groups is 1. The van der Waals surface area contributed by atoms with Crippen LogP contribution in [-0.4, -0.2) is 34.0 Å². The molecule has 4 aromatic rings. The molecule has 182 valence electrons. The zero-order valence-electron chi connectivity index (χ0n) is 19.5. The molecular formula is C26H24N6O3S. The largest absolute Gasteiger partial charge is 0.439 e. The van der Waals surface area contributed by atoms with E-state index >= 15 is 0 Å². The van der Waals surface area contributed by atoms with Gasteiger partial charge in [-0.05, 0) is 49.9 Å². The van der Waals surface area contributed by atoms with Gasteiger partial charge in [0, 0.05) is 24.3 Å². The van der Waals surface area contributed by atoms with E-state index in [0.29, 0.717) is 38.4 Å². The van der Waals surface area contributed by atoms with Crippen LogP contribution in [0.2, 0.25) is 0 Å². The van der Waals surface area contributed by atoms with Crippen LogP contribution in [0.15, 0.2) is 54.9 Å². The van der Waals surface area contributed by atoms with E-state index < -0.39 is 0 Å². The van der Waals surface area contributed by atoms with Crippen molar-refractivity contribution in [2.45, 2.75) is 38.3 Å². The minimum atomic E-state index is -0.369. The molecule has 0 unspecified atom stereocenters. The smallest absolute Gasteiger partial charge is 0.331 e. The van der Waals surface area contributed by atoms with Gasteiger partial charge in [-0.15, -0.1) is 11.3 Å². The molecule has 3 amide bonds. The van der Waals surface area contributed by atoms with Crippen LogP contribution in [0.5, 0.6) is 11.6 Å². The number of hydrogen-bond donors (Lipinski definition) is 3. The zero-order valence-corrected chi connectivity index (χ0v) is 20.3. The molecule has 36 heavy (non-hydrogen) atoms. The molecule has 1 fully saturated rings. The lowest BCUT2D eigenvalue weighted by Crippen LogP contribution is -2.36. The third kappa shape index (κ3) is 3.94. The first-order valence-corrected chi connectivity index (χ1v) is 12.6. The van der Waals surface area contributed by atoms with Crippen molar-refractivity contribution in [2.24, 2.45) is 5.73 Å². The maximum atomic E-state index is 13.4. The lowest BCUT2D eigenvalue weighted by atomic mass is 10.1. The fraction of sp³-hybridized carbons (Fsp3) is 0.231. The number of carbonyl (C=O) groups excluding carboxylic acids is 2. The van der Waals surface area contributed by atoms with E-state index in [2.05, 4.69) is 20.6 Å². The van der Waals surface area contributed by atoms with Gasteiger partial charge in [0.1, 0.15) is 15.5 Å². The Morgan fingerprint density at radius 1 is 1.19 bits per heavy atom. The highest BCUT2D eigenvalue weighted by Gasteiger charge is 2.34. The van der Waals surface area contributed by atoms with Crippen molar-refractivity contribution in [1.82, 2.24) is 15.3 Å². The lowest BCUT2D eigenvalue weighted by Gasteiger charge is -2.29. The number of para-hydroxylation sites is 1. The maximum Gasteiger partial charge on any atom is 0.331 e. The molecule has 2 aliphatic rings. The molecule has 10 heteroatoms. The van der Waals surface area contributed by atoms with E-state index in [1.54, 1.807) is 29.4 Å². The first kappa shape index (κ1) is 22.4. The van der Waals surface area contributed by atoms with Crippen molar-refractivity contribution in [2.75, 3.05) is 10.2 Å². The van der Waals surface area contributed by atoms with Gasteiger partial charge < -0.3 is 21.1 Å². The molecule has 1 aliphatic heterocycles. The maximum absolute atomic E-state index is 13.4. The first-order valence-electron chi connectivity index (χ1n) is 11.8. The highest BCUT2D eigenvalue weighted by atomic mass is 32.1. The lowest BCUT2D eigenvalue weighted by molar-refractivity contribution is 0.0942. The highest BCUT2D eigenvalue weighted by molar-refractivity contribution is 7.21. The number of pyridine rings is 2. The van der Waals surface area contributed by atoms with Crippen LogP contribution in [-0.2, 0) is 0 Å². The van der Waals surface area contributed by atoms with Gasteiger partial charge in [-0.25, -0.2) is 14.8 Å². The Kier molecular flexibility index (Phi) is 5.54. The van der Waals surface area contributed by atoms with Crippen LogP contribution in [0.25, 0.3) is 10.2 Å². The fourth-order valence-electron chi connectivity index (χ4n) is 4.80. The van der Waals surface area contributed by atoms with Gasteiger partial charge in [0.25, 0.3) is 5.91 Å². The molecule has 3 aromatic heterocycles. The van der Waals surface area contributed by atoms with Crippen molar-refractivity contribution in [3.8, 4) is 11.6 Å². The number of ether oxygens (including phenoxy) is 1. The summed E-state index contributed by atoms with van der Waals surface area (Å²) in [6.45, 7) is 1.90. The molecule has 1 aromatic carbocycles. The second-order valence-corrected chi connectivity index (χ2v) is 10.0. The van der Waals surface area contributed by atoms with Gasteiger partial charge in [0.15, 0.2) is 0 Å². The van der Waals surface area contributed by atoms with E-state index in [4.69, 9.17) is 10.5 Å². The van der Waals surface area contributed by atoms with E-state index in [-0.39, 0.29) is 24.0 Å². The van der Waals surface area contributed by atoms with Crippen molar-refractivity contribution in [3.63, 3.8) is 0 Å². The number of amides is 3. The minimum absolute atomic E-state index is 0.0403. The van der Waals surface area contributed by atoms with Gasteiger partial charge in [0.05, 0.1) is 28.6 Å². The summed E-state index contributed by atoms with van der Waals surface area (Å²) >= 11 is 1.27. The molecule has 6 rings (SSSR count). The number of nitrogens with one attached hydrogen (secondary N) is 2. The second kappa shape index (κ2) is 8.89. The number of hydrogen-bond acceptors (Lipinski definition) is 7. The average molecular weight is 501 g/mol. The second-order valence-electron chi connectivity index (χ2n) is 9.05. The van der Waals surface area contributed by atoms with Crippen LogP contribution >= 0.6 is 11.3 Å². The number of thiophene rings is 1. The number of anilines is 3. The molecule has 0 radical (unpaired) electrons. The molecule has 1 saturated carbocycles. The third-order valence-corrected chi connectivity index (χ3v) is 7.62. The molecule has 9 nitrogen and oxygen atoms in total. The summed E-state index contributed by atoms with van der Waals surface area (Å²) in [6, 6.07) is 12.7. The number of aromatic nitrogens is 2. The summed E-state index contributed by atoms with van der Waals surface area (Å²) in [5.74, 6) is 0.894. The van der Waals surface area contributed by atoms with Crippen molar-refractivity contribution < 1.29 is 14.3 Å². The number of aryl methyl sites for hydroxylation is 1. The summed E-state index contributed by atoms with van der Waals surface area (Å²) < 4.78 is 5.84. The van der Waals surface area contributed by atoms with Crippen LogP contribution < -0.4 is 26.0 Å². The summed E-state index contributed by atoms with van der Waals surface area (Å²) in [6.07, 6.45) is 5.77. The molecule has 0 bridgehead atoms. The molecule has 2 atom stereocenters. The minimum Gasteiger partial charge on any atom is -0.439 e. The predicted octanol–water partition coefficient (Wildman–Crippen LogP) is 5.09. The van der Waals surface area contributed by atoms with Gasteiger partial charge in [-0.3, -0.25) is 9.69 Å². The highest BCUT2D eigenvalue weighted by Crippen LogP contribution is 2.46. The number of nitrogens with two attached hydrogens (primary N) is 1. The Bertz CT molecular complexity index is 1490. The number of rotatable bonds is 5. The first-order chi connectivity index (χ1) is 17.5. The van der Waals surface area contributed by atoms with E-state index in [1.165, 1.54) is 11.3 Å². The zero-order chi connectivity index (χ0) is 24.8. The molecule has 1 aliphatic carbocycles. The van der Waals surface area contributed by atoms with Crippen LogP contribution in [0.4, 0.5) is 21.9 Å². The van der Waals surface area contributed by atoms with Crippen LogP contribution in [0, 0.1) is 6.92 Å². The Morgan fingerprint density at radius 3 is 2.78 bits per heavy atom. The summed E-state index contributed by atoms with van der Waals surface area (Å²) in [5.41, 5.74) is 8.57. The summed E-state index contributed by atoms with van der Waals surface area (Å²) in [5, 5.41) is 6.74. The normalized spacial score (nSPS) is 18.8. The molecule has 0 spiro atoms. The average Bonchev–Trinajstić information content (AvgIpc) is 3.44. The summed E-state index contributed by atoms with van der Waals surface area (Å²) in [4.78, 5) is 38.1. The molecular weight excluding hydrogens is 476 g/mol. The quantitative estimate of drug-likeness (QED) is 0.351. The van der Waals surface area contributed by atoms with Gasteiger partial charge in [0.2, 0.25) is 5.88 Å².